The Morgan fingerprint density at radius 2 is 1.96 bits per heavy atom. The zero-order valence-corrected chi connectivity index (χ0v) is 16.4. The Morgan fingerprint density at radius 1 is 1.22 bits per heavy atom. The third kappa shape index (κ3) is 4.00. The predicted molar refractivity (Wildman–Crippen MR) is 106 cm³/mol. The number of hydrogen-bond acceptors (Lipinski definition) is 4. The molecule has 2 aromatic rings. The van der Waals surface area contributed by atoms with Gasteiger partial charge >= 0.3 is 0 Å². The quantitative estimate of drug-likeness (QED) is 0.585. The van der Waals surface area contributed by atoms with Gasteiger partial charge in [0.05, 0.1) is 16.5 Å². The smallest absolute Gasteiger partial charge is 0.274 e. The molecule has 1 fully saturated rings. The number of carbonyl (C=O) groups is 2. The first-order valence-electron chi connectivity index (χ1n) is 8.38. The summed E-state index contributed by atoms with van der Waals surface area (Å²) in [6.07, 6.45) is 0.0725. The van der Waals surface area contributed by atoms with Crippen LogP contribution in [0.25, 0.3) is 0 Å². The van der Waals surface area contributed by atoms with Crippen molar-refractivity contribution in [2.45, 2.75) is 20.3 Å². The van der Waals surface area contributed by atoms with E-state index in [4.69, 9.17) is 0 Å². The van der Waals surface area contributed by atoms with Crippen molar-refractivity contribution in [2.24, 2.45) is 5.92 Å². The summed E-state index contributed by atoms with van der Waals surface area (Å²) >= 11 is 3.38. The van der Waals surface area contributed by atoms with Gasteiger partial charge in [0.1, 0.15) is 0 Å². The minimum atomic E-state index is -0.513. The van der Waals surface area contributed by atoms with Crippen molar-refractivity contribution in [3.63, 3.8) is 0 Å². The maximum absolute atomic E-state index is 12.6. The third-order valence-corrected chi connectivity index (χ3v) is 5.14. The summed E-state index contributed by atoms with van der Waals surface area (Å²) in [4.78, 5) is 37.1. The lowest BCUT2D eigenvalue weighted by Gasteiger charge is -2.17. The number of anilines is 2. The van der Waals surface area contributed by atoms with Crippen LogP contribution in [0.4, 0.5) is 17.1 Å². The predicted octanol–water partition coefficient (Wildman–Crippen LogP) is 3.97. The monoisotopic (exact) mass is 431 g/mol. The molecule has 1 heterocycles. The molecule has 27 heavy (non-hydrogen) atoms. The van der Waals surface area contributed by atoms with E-state index in [0.29, 0.717) is 16.9 Å². The van der Waals surface area contributed by atoms with Gasteiger partial charge < -0.3 is 10.2 Å². The van der Waals surface area contributed by atoms with Crippen LogP contribution in [0.2, 0.25) is 0 Å². The van der Waals surface area contributed by atoms with Crippen LogP contribution < -0.4 is 10.2 Å². The van der Waals surface area contributed by atoms with Gasteiger partial charge in [-0.25, -0.2) is 0 Å². The molecule has 0 unspecified atom stereocenters. The summed E-state index contributed by atoms with van der Waals surface area (Å²) in [6, 6.07) is 10.2. The maximum Gasteiger partial charge on any atom is 0.274 e. The molecular weight excluding hydrogens is 414 g/mol. The van der Waals surface area contributed by atoms with Crippen LogP contribution in [0.15, 0.2) is 40.9 Å². The second-order valence-corrected chi connectivity index (χ2v) is 7.50. The summed E-state index contributed by atoms with van der Waals surface area (Å²) in [5.74, 6) is -0.973. The number of nitro benzene ring substituents is 1. The fourth-order valence-electron chi connectivity index (χ4n) is 3.10. The fourth-order valence-corrected chi connectivity index (χ4v) is 3.57. The van der Waals surface area contributed by atoms with Crippen molar-refractivity contribution < 1.29 is 14.5 Å². The number of hydrogen-bond donors (Lipinski definition) is 1. The number of carbonyl (C=O) groups excluding carboxylic acids is 2. The molecule has 1 saturated heterocycles. The molecule has 0 bridgehead atoms. The van der Waals surface area contributed by atoms with Crippen molar-refractivity contribution in [2.75, 3.05) is 16.8 Å². The third-order valence-electron chi connectivity index (χ3n) is 4.64. The summed E-state index contributed by atoms with van der Waals surface area (Å²) in [5, 5.41) is 14.0. The second kappa shape index (κ2) is 7.48. The normalized spacial score (nSPS) is 16.5. The highest BCUT2D eigenvalue weighted by Gasteiger charge is 2.35. The fraction of sp³-hybridized carbons (Fsp3) is 0.263. The topological polar surface area (TPSA) is 92.6 Å². The molecule has 140 valence electrons. The molecule has 0 aromatic heterocycles. The van der Waals surface area contributed by atoms with Crippen LogP contribution in [0, 0.1) is 29.9 Å². The van der Waals surface area contributed by atoms with E-state index in [1.165, 1.54) is 11.0 Å². The lowest BCUT2D eigenvalue weighted by Crippen LogP contribution is -2.28. The van der Waals surface area contributed by atoms with Crippen LogP contribution in [-0.2, 0) is 9.59 Å². The van der Waals surface area contributed by atoms with Gasteiger partial charge in [-0.3, -0.25) is 19.7 Å². The molecule has 0 spiro atoms. The van der Waals surface area contributed by atoms with Gasteiger partial charge in [0.25, 0.3) is 5.69 Å². The van der Waals surface area contributed by atoms with Crippen molar-refractivity contribution >= 4 is 44.8 Å². The van der Waals surface area contributed by atoms with E-state index in [1.807, 2.05) is 19.1 Å². The number of nitro groups is 1. The van der Waals surface area contributed by atoms with Crippen molar-refractivity contribution in [3.05, 3.63) is 62.1 Å². The highest BCUT2D eigenvalue weighted by atomic mass is 79.9. The lowest BCUT2D eigenvalue weighted by atomic mass is 10.1. The first kappa shape index (κ1) is 19.0. The van der Waals surface area contributed by atoms with Crippen LogP contribution in [-0.4, -0.2) is 23.3 Å². The zero-order chi connectivity index (χ0) is 19.7. The Bertz CT molecular complexity index is 945. The first-order chi connectivity index (χ1) is 12.8. The number of benzene rings is 2. The lowest BCUT2D eigenvalue weighted by molar-refractivity contribution is -0.385. The van der Waals surface area contributed by atoms with Gasteiger partial charge in [-0.05, 0) is 43.7 Å². The molecule has 3 rings (SSSR count). The molecule has 0 saturated carbocycles. The number of nitrogens with one attached hydrogen (secondary N) is 1. The van der Waals surface area contributed by atoms with Crippen LogP contribution in [0.3, 0.4) is 0 Å². The Hall–Kier alpha value is -2.74. The molecule has 1 aliphatic rings. The average molecular weight is 432 g/mol. The Labute approximate surface area is 164 Å². The van der Waals surface area contributed by atoms with E-state index in [-0.39, 0.29) is 30.5 Å². The summed E-state index contributed by atoms with van der Waals surface area (Å²) in [7, 11) is 0. The number of nitrogens with zero attached hydrogens (tertiary/aromatic N) is 2. The minimum absolute atomic E-state index is 0.0429. The highest BCUT2D eigenvalue weighted by molar-refractivity contribution is 9.10. The minimum Gasteiger partial charge on any atom is -0.326 e. The SMILES string of the molecule is Cc1cc(Br)ccc1NC(=O)[C@@H]1CC(=O)N(c2ccc(C)c([N+](=O)[O-])c2)C1. The Balaban J connectivity index is 1.76. The van der Waals surface area contributed by atoms with Crippen molar-refractivity contribution in [1.82, 2.24) is 0 Å². The maximum atomic E-state index is 12.6. The van der Waals surface area contributed by atoms with E-state index < -0.39 is 10.8 Å². The van der Waals surface area contributed by atoms with E-state index >= 15 is 0 Å². The molecule has 8 heteroatoms. The van der Waals surface area contributed by atoms with E-state index in [0.717, 1.165) is 10.0 Å². The number of aryl methyl sites for hydroxylation is 2. The molecule has 1 atom stereocenters. The van der Waals surface area contributed by atoms with Gasteiger partial charge in [0.15, 0.2) is 0 Å². The molecule has 2 aromatic carbocycles. The zero-order valence-electron chi connectivity index (χ0n) is 14.9. The molecule has 7 nitrogen and oxygen atoms in total. The molecular formula is C19H18BrN3O4. The molecule has 1 aliphatic heterocycles. The van der Waals surface area contributed by atoms with Gasteiger partial charge in [-0.1, -0.05) is 22.0 Å². The molecule has 1 N–H and O–H groups in total. The van der Waals surface area contributed by atoms with Crippen LogP contribution in [0.5, 0.6) is 0 Å². The van der Waals surface area contributed by atoms with Gasteiger partial charge in [-0.2, -0.15) is 0 Å². The highest BCUT2D eigenvalue weighted by Crippen LogP contribution is 2.30. The van der Waals surface area contributed by atoms with Gasteiger partial charge in [0, 0.05) is 34.8 Å². The van der Waals surface area contributed by atoms with E-state index in [2.05, 4.69) is 21.2 Å². The summed E-state index contributed by atoms with van der Waals surface area (Å²) < 4.78 is 0.918. The van der Waals surface area contributed by atoms with Gasteiger partial charge in [0.2, 0.25) is 11.8 Å². The Kier molecular flexibility index (Phi) is 5.27. The van der Waals surface area contributed by atoms with Crippen molar-refractivity contribution in [3.8, 4) is 0 Å². The summed E-state index contributed by atoms with van der Waals surface area (Å²) in [5.41, 5.74) is 2.52. The van der Waals surface area contributed by atoms with Crippen LogP contribution >= 0.6 is 15.9 Å². The number of amides is 2. The first-order valence-corrected chi connectivity index (χ1v) is 9.18. The number of halogens is 1. The van der Waals surface area contributed by atoms with Crippen LogP contribution in [0.1, 0.15) is 17.5 Å². The molecule has 0 aliphatic carbocycles. The second-order valence-electron chi connectivity index (χ2n) is 6.58. The summed E-state index contributed by atoms with van der Waals surface area (Å²) in [6.45, 7) is 3.73. The largest absolute Gasteiger partial charge is 0.326 e. The molecule has 0 radical (unpaired) electrons. The Morgan fingerprint density at radius 3 is 2.63 bits per heavy atom. The van der Waals surface area contributed by atoms with Crippen molar-refractivity contribution in [1.29, 1.82) is 0 Å². The molecule has 2 amide bonds. The average Bonchev–Trinajstić information content (AvgIpc) is 2.99. The van der Waals surface area contributed by atoms with E-state index in [1.54, 1.807) is 25.1 Å². The number of rotatable bonds is 4. The van der Waals surface area contributed by atoms with E-state index in [9.17, 15) is 19.7 Å². The van der Waals surface area contributed by atoms with Gasteiger partial charge in [-0.15, -0.1) is 0 Å². The standard InChI is InChI=1S/C19H18BrN3O4/c1-11-3-5-15(9-17(11)23(26)27)22-10-13(8-18(22)24)19(25)21-16-6-4-14(20)7-12(16)2/h3-7,9,13H,8,10H2,1-2H3,(H,21,25)/t13-/m1/s1.